The van der Waals surface area contributed by atoms with Crippen molar-refractivity contribution >= 4 is 23.2 Å². The Morgan fingerprint density at radius 3 is 2.76 bits per heavy atom. The van der Waals surface area contributed by atoms with Crippen LogP contribution in [0, 0.1) is 5.92 Å². The molecule has 3 unspecified atom stereocenters. The van der Waals surface area contributed by atoms with Gasteiger partial charge >= 0.3 is 5.97 Å². The predicted molar refractivity (Wildman–Crippen MR) is 119 cm³/mol. The van der Waals surface area contributed by atoms with Gasteiger partial charge in [-0.2, -0.15) is 0 Å². The van der Waals surface area contributed by atoms with Crippen molar-refractivity contribution in [2.24, 2.45) is 5.92 Å². The molecule has 2 aromatic rings. The Kier molecular flexibility index (Phi) is 6.47. The number of hydrogen-bond acceptors (Lipinski definition) is 8. The number of carboxylic acids is 1. The quantitative estimate of drug-likeness (QED) is 0.420. The van der Waals surface area contributed by atoms with E-state index in [-0.39, 0.29) is 13.0 Å². The number of carboxylic acid groups (broad SMARTS) is 1. The van der Waals surface area contributed by atoms with Crippen LogP contribution in [0.3, 0.4) is 0 Å². The highest BCUT2D eigenvalue weighted by atomic mass is 32.1. The Bertz CT molecular complexity index is 1050. The zero-order valence-electron chi connectivity index (χ0n) is 18.2. The van der Waals surface area contributed by atoms with E-state index in [2.05, 4.69) is 5.32 Å². The highest BCUT2D eigenvalue weighted by Crippen LogP contribution is 2.42. The molecule has 1 saturated heterocycles. The van der Waals surface area contributed by atoms with Crippen LogP contribution in [0.5, 0.6) is 5.75 Å². The molecular weight excluding hydrogens is 450 g/mol. The van der Waals surface area contributed by atoms with Gasteiger partial charge in [0, 0.05) is 34.9 Å². The Labute approximate surface area is 194 Å². The molecule has 6 atom stereocenters. The molecule has 2 aliphatic rings. The minimum atomic E-state index is -1.69. The van der Waals surface area contributed by atoms with E-state index < -0.39 is 47.8 Å². The van der Waals surface area contributed by atoms with Gasteiger partial charge in [0.05, 0.1) is 23.2 Å². The third-order valence-electron chi connectivity index (χ3n) is 6.32. The summed E-state index contributed by atoms with van der Waals surface area (Å²) in [5, 5.41) is 43.4. The summed E-state index contributed by atoms with van der Waals surface area (Å²) in [6, 6.07) is 9.32. The van der Waals surface area contributed by atoms with Gasteiger partial charge in [-0.15, -0.1) is 11.3 Å². The van der Waals surface area contributed by atoms with E-state index in [1.54, 1.807) is 13.0 Å². The van der Waals surface area contributed by atoms with E-state index in [1.807, 2.05) is 24.3 Å². The Balaban J connectivity index is 1.41. The molecule has 10 heteroatoms. The zero-order valence-corrected chi connectivity index (χ0v) is 19.0. The van der Waals surface area contributed by atoms with Crippen molar-refractivity contribution in [2.45, 2.75) is 56.9 Å². The molecule has 1 amide bonds. The first kappa shape index (κ1) is 23.7. The van der Waals surface area contributed by atoms with Crippen molar-refractivity contribution in [3.8, 4) is 16.2 Å². The summed E-state index contributed by atoms with van der Waals surface area (Å²) in [6.45, 7) is 3.02. The number of carbonyl (C=O) groups is 2. The molecule has 5 N–H and O–H groups in total. The van der Waals surface area contributed by atoms with Crippen LogP contribution < -0.4 is 10.1 Å². The van der Waals surface area contributed by atoms with Crippen LogP contribution in [-0.4, -0.2) is 68.9 Å². The molecule has 9 nitrogen and oxygen atoms in total. The maximum absolute atomic E-state index is 12.7. The number of aliphatic hydroxyl groups is 3. The highest BCUT2D eigenvalue weighted by Gasteiger charge is 2.50. The van der Waals surface area contributed by atoms with E-state index in [1.165, 1.54) is 18.3 Å². The summed E-state index contributed by atoms with van der Waals surface area (Å²) in [5.74, 6) is -1.52. The number of thiophene rings is 1. The fourth-order valence-corrected chi connectivity index (χ4v) is 5.33. The van der Waals surface area contributed by atoms with Crippen molar-refractivity contribution in [1.82, 2.24) is 5.32 Å². The molecule has 0 bridgehead atoms. The zero-order chi connectivity index (χ0) is 23.9. The minimum Gasteiger partial charge on any atom is -0.488 e. The average Bonchev–Trinajstić information content (AvgIpc) is 3.24. The van der Waals surface area contributed by atoms with E-state index in [0.717, 1.165) is 21.8 Å². The molecule has 33 heavy (non-hydrogen) atoms. The predicted octanol–water partition coefficient (Wildman–Crippen LogP) is 1.39. The number of rotatable bonds is 6. The molecule has 178 valence electrons. The Morgan fingerprint density at radius 2 is 2.03 bits per heavy atom. The van der Waals surface area contributed by atoms with Gasteiger partial charge in [0.2, 0.25) is 0 Å². The highest BCUT2D eigenvalue weighted by molar-refractivity contribution is 7.17. The SMILES string of the molecule is C[C@H]1C(C(O)C(O)CNC(=O)c2cc3c(s2)-c2ccccc2OC3)O[C@@](C)(C(=O)O)C[C@H]1O. The van der Waals surface area contributed by atoms with Crippen LogP contribution in [-0.2, 0) is 16.1 Å². The van der Waals surface area contributed by atoms with Crippen molar-refractivity contribution in [1.29, 1.82) is 0 Å². The van der Waals surface area contributed by atoms with Gasteiger partial charge < -0.3 is 35.2 Å². The van der Waals surface area contributed by atoms with Gasteiger partial charge in [-0.1, -0.05) is 19.1 Å². The number of ether oxygens (including phenoxy) is 2. The van der Waals surface area contributed by atoms with Gasteiger partial charge in [0.1, 0.15) is 18.5 Å². The van der Waals surface area contributed by atoms with Crippen molar-refractivity contribution in [2.75, 3.05) is 6.54 Å². The Morgan fingerprint density at radius 1 is 1.30 bits per heavy atom. The number of hydrogen-bond donors (Lipinski definition) is 5. The first-order chi connectivity index (χ1) is 15.6. The van der Waals surface area contributed by atoms with E-state index in [9.17, 15) is 30.0 Å². The van der Waals surface area contributed by atoms with Crippen LogP contribution in [0.4, 0.5) is 0 Å². The van der Waals surface area contributed by atoms with E-state index in [4.69, 9.17) is 9.47 Å². The van der Waals surface area contributed by atoms with Crippen LogP contribution in [0.15, 0.2) is 30.3 Å². The summed E-state index contributed by atoms with van der Waals surface area (Å²) in [7, 11) is 0. The first-order valence-corrected chi connectivity index (χ1v) is 11.5. The third-order valence-corrected chi connectivity index (χ3v) is 7.53. The third kappa shape index (κ3) is 4.49. The fraction of sp³-hybridized carbons (Fsp3) is 0.478. The minimum absolute atomic E-state index is 0.130. The lowest BCUT2D eigenvalue weighted by Gasteiger charge is -2.44. The number of amides is 1. The molecule has 0 spiro atoms. The van der Waals surface area contributed by atoms with Gasteiger partial charge in [-0.05, 0) is 25.1 Å². The molecule has 1 fully saturated rings. The van der Waals surface area contributed by atoms with Crippen molar-refractivity contribution < 1.29 is 39.5 Å². The molecule has 2 aliphatic heterocycles. The van der Waals surface area contributed by atoms with Crippen LogP contribution in [0.25, 0.3) is 10.4 Å². The van der Waals surface area contributed by atoms with Crippen molar-refractivity contribution in [3.05, 3.63) is 40.8 Å². The molecule has 1 aromatic carbocycles. The van der Waals surface area contributed by atoms with E-state index in [0.29, 0.717) is 11.5 Å². The van der Waals surface area contributed by atoms with Gasteiger partial charge in [-0.3, -0.25) is 4.79 Å². The molecule has 1 aromatic heterocycles. The average molecular weight is 478 g/mol. The summed E-state index contributed by atoms with van der Waals surface area (Å²) < 4.78 is 11.3. The number of carbonyl (C=O) groups excluding carboxylic acids is 1. The number of nitrogens with one attached hydrogen (secondary N) is 1. The largest absolute Gasteiger partial charge is 0.488 e. The molecule has 4 rings (SSSR count). The molecule has 0 saturated carbocycles. The standard InChI is InChI=1S/C23H27NO8S/c1-11-14(25)8-23(2,22(29)30)32-19(11)18(27)15(26)9-24-21(28)17-7-12-10-31-16-6-4-3-5-13(16)20(12)33-17/h3-7,11,14-15,18-19,25-27H,8-10H2,1-2H3,(H,24,28)(H,29,30)/t11-,14-,15?,18?,19?,23-/m1/s1. The van der Waals surface area contributed by atoms with Crippen LogP contribution in [0.1, 0.15) is 35.5 Å². The number of fused-ring (bicyclic) bond motifs is 3. The second-order valence-corrected chi connectivity index (χ2v) is 9.82. The van der Waals surface area contributed by atoms with E-state index >= 15 is 0 Å². The molecule has 0 aliphatic carbocycles. The lowest BCUT2D eigenvalue weighted by Crippen LogP contribution is -2.59. The monoisotopic (exact) mass is 477 g/mol. The summed E-state index contributed by atoms with van der Waals surface area (Å²) in [6.07, 6.45) is -5.21. The van der Waals surface area contributed by atoms with Crippen LogP contribution >= 0.6 is 11.3 Å². The molecular formula is C23H27NO8S. The number of benzene rings is 1. The second-order valence-electron chi connectivity index (χ2n) is 8.77. The topological polar surface area (TPSA) is 146 Å². The smallest absolute Gasteiger partial charge is 0.335 e. The van der Waals surface area contributed by atoms with Gasteiger partial charge in [-0.25, -0.2) is 4.79 Å². The summed E-state index contributed by atoms with van der Waals surface area (Å²) in [4.78, 5) is 25.7. The normalized spacial score (nSPS) is 28.1. The van der Waals surface area contributed by atoms with Crippen molar-refractivity contribution in [3.63, 3.8) is 0 Å². The van der Waals surface area contributed by atoms with Crippen LogP contribution in [0.2, 0.25) is 0 Å². The lowest BCUT2D eigenvalue weighted by molar-refractivity contribution is -0.230. The fourth-order valence-electron chi connectivity index (χ4n) is 4.21. The summed E-state index contributed by atoms with van der Waals surface area (Å²) >= 11 is 1.32. The number of aliphatic carboxylic acids is 1. The number of aliphatic hydroxyl groups excluding tert-OH is 3. The van der Waals surface area contributed by atoms with Gasteiger partial charge in [0.25, 0.3) is 5.91 Å². The maximum atomic E-state index is 12.7. The first-order valence-electron chi connectivity index (χ1n) is 10.7. The number of para-hydroxylation sites is 1. The molecule has 0 radical (unpaired) electrons. The maximum Gasteiger partial charge on any atom is 0.335 e. The summed E-state index contributed by atoms with van der Waals surface area (Å²) in [5.41, 5.74) is 0.132. The Hall–Kier alpha value is -2.50. The second kappa shape index (κ2) is 9.03. The molecule has 3 heterocycles. The lowest BCUT2D eigenvalue weighted by atomic mass is 9.81. The van der Waals surface area contributed by atoms with Gasteiger partial charge in [0.15, 0.2) is 5.60 Å².